The molecule has 0 aliphatic carbocycles. The SMILES string of the molecule is COc1cccc(Oc2ncc(-c3ccc(C(=O)NCc4ccccc4C)cc3)cn2)c1. The smallest absolute Gasteiger partial charge is 0.321 e. The first-order valence-electron chi connectivity index (χ1n) is 10.2. The number of hydrogen-bond donors (Lipinski definition) is 1. The maximum Gasteiger partial charge on any atom is 0.321 e. The van der Waals surface area contributed by atoms with Gasteiger partial charge in [0.2, 0.25) is 0 Å². The van der Waals surface area contributed by atoms with Crippen molar-refractivity contribution in [2.45, 2.75) is 13.5 Å². The van der Waals surface area contributed by atoms with Gasteiger partial charge in [-0.2, -0.15) is 0 Å². The Morgan fingerprint density at radius 3 is 2.31 bits per heavy atom. The third-order valence-corrected chi connectivity index (χ3v) is 5.06. The molecule has 1 heterocycles. The predicted molar refractivity (Wildman–Crippen MR) is 123 cm³/mol. The minimum absolute atomic E-state index is 0.113. The Bertz CT molecular complexity index is 1210. The van der Waals surface area contributed by atoms with Crippen molar-refractivity contribution < 1.29 is 14.3 Å². The molecule has 0 saturated carbocycles. The lowest BCUT2D eigenvalue weighted by Gasteiger charge is -2.09. The molecule has 4 rings (SSSR count). The first kappa shape index (κ1) is 21.1. The van der Waals surface area contributed by atoms with Crippen LogP contribution in [0.15, 0.2) is 85.2 Å². The molecular formula is C26H23N3O3. The zero-order chi connectivity index (χ0) is 22.3. The fraction of sp³-hybridized carbons (Fsp3) is 0.115. The Morgan fingerprint density at radius 2 is 1.59 bits per heavy atom. The molecule has 4 aromatic rings. The highest BCUT2D eigenvalue weighted by atomic mass is 16.5. The lowest BCUT2D eigenvalue weighted by Crippen LogP contribution is -2.23. The van der Waals surface area contributed by atoms with E-state index in [1.807, 2.05) is 61.5 Å². The predicted octanol–water partition coefficient (Wildman–Crippen LogP) is 5.18. The number of carbonyl (C=O) groups is 1. The van der Waals surface area contributed by atoms with E-state index in [0.29, 0.717) is 23.6 Å². The molecule has 32 heavy (non-hydrogen) atoms. The van der Waals surface area contributed by atoms with Crippen LogP contribution in [0.5, 0.6) is 17.5 Å². The Kier molecular flexibility index (Phi) is 6.41. The maximum absolute atomic E-state index is 12.5. The molecule has 0 bridgehead atoms. The van der Waals surface area contributed by atoms with Crippen molar-refractivity contribution in [3.8, 4) is 28.6 Å². The Balaban J connectivity index is 1.39. The molecule has 0 radical (unpaired) electrons. The molecule has 1 amide bonds. The summed E-state index contributed by atoms with van der Waals surface area (Å²) >= 11 is 0. The first-order chi connectivity index (χ1) is 15.6. The lowest BCUT2D eigenvalue weighted by molar-refractivity contribution is 0.0951. The minimum atomic E-state index is -0.113. The molecule has 1 aromatic heterocycles. The lowest BCUT2D eigenvalue weighted by atomic mass is 10.1. The summed E-state index contributed by atoms with van der Waals surface area (Å²) in [5, 5.41) is 2.96. The van der Waals surface area contributed by atoms with Gasteiger partial charge in [0.05, 0.1) is 7.11 Å². The number of nitrogens with zero attached hydrogens (tertiary/aromatic N) is 2. The molecule has 0 fully saturated rings. The highest BCUT2D eigenvalue weighted by Crippen LogP contribution is 2.24. The van der Waals surface area contributed by atoms with Crippen LogP contribution >= 0.6 is 0 Å². The molecule has 160 valence electrons. The van der Waals surface area contributed by atoms with Gasteiger partial charge in [0.15, 0.2) is 0 Å². The van der Waals surface area contributed by atoms with E-state index >= 15 is 0 Å². The third-order valence-electron chi connectivity index (χ3n) is 5.06. The molecule has 0 aliphatic rings. The average molecular weight is 425 g/mol. The summed E-state index contributed by atoms with van der Waals surface area (Å²) in [6.07, 6.45) is 3.38. The summed E-state index contributed by atoms with van der Waals surface area (Å²) in [5.74, 6) is 1.18. The summed E-state index contributed by atoms with van der Waals surface area (Å²) in [4.78, 5) is 21.0. The number of nitrogens with one attached hydrogen (secondary N) is 1. The number of ether oxygens (including phenoxy) is 2. The van der Waals surface area contributed by atoms with Gasteiger partial charge in [-0.1, -0.05) is 42.5 Å². The van der Waals surface area contributed by atoms with Crippen LogP contribution in [0.25, 0.3) is 11.1 Å². The van der Waals surface area contributed by atoms with Crippen LogP contribution in [0.4, 0.5) is 0 Å². The molecule has 0 spiro atoms. The Hall–Kier alpha value is -4.19. The van der Waals surface area contributed by atoms with E-state index in [2.05, 4.69) is 15.3 Å². The van der Waals surface area contributed by atoms with Gasteiger partial charge < -0.3 is 14.8 Å². The van der Waals surface area contributed by atoms with Gasteiger partial charge in [-0.05, 0) is 47.9 Å². The van der Waals surface area contributed by atoms with Crippen LogP contribution in [0, 0.1) is 6.92 Å². The van der Waals surface area contributed by atoms with Crippen LogP contribution in [-0.4, -0.2) is 23.0 Å². The third kappa shape index (κ3) is 5.10. The van der Waals surface area contributed by atoms with Crippen molar-refractivity contribution in [1.82, 2.24) is 15.3 Å². The van der Waals surface area contributed by atoms with Gasteiger partial charge >= 0.3 is 6.01 Å². The minimum Gasteiger partial charge on any atom is -0.497 e. The first-order valence-corrected chi connectivity index (χ1v) is 10.2. The van der Waals surface area contributed by atoms with Crippen LogP contribution < -0.4 is 14.8 Å². The number of hydrogen-bond acceptors (Lipinski definition) is 5. The topological polar surface area (TPSA) is 73.3 Å². The van der Waals surface area contributed by atoms with Crippen molar-refractivity contribution in [2.75, 3.05) is 7.11 Å². The van der Waals surface area contributed by atoms with E-state index in [-0.39, 0.29) is 11.9 Å². The van der Waals surface area contributed by atoms with Gasteiger partial charge in [-0.3, -0.25) is 4.79 Å². The van der Waals surface area contributed by atoms with Crippen LogP contribution in [0.2, 0.25) is 0 Å². The van der Waals surface area contributed by atoms with Crippen molar-refractivity contribution in [3.05, 3.63) is 102 Å². The fourth-order valence-electron chi connectivity index (χ4n) is 3.19. The van der Waals surface area contributed by atoms with E-state index in [1.54, 1.807) is 37.7 Å². The summed E-state index contributed by atoms with van der Waals surface area (Å²) in [7, 11) is 1.60. The van der Waals surface area contributed by atoms with Gasteiger partial charge in [0.25, 0.3) is 5.91 Å². The Labute approximate surface area is 186 Å². The van der Waals surface area contributed by atoms with E-state index in [1.165, 1.54) is 0 Å². The summed E-state index contributed by atoms with van der Waals surface area (Å²) in [6, 6.07) is 22.8. The molecule has 0 aliphatic heterocycles. The number of aryl methyl sites for hydroxylation is 1. The quantitative estimate of drug-likeness (QED) is 0.441. The number of benzene rings is 3. The summed E-state index contributed by atoms with van der Waals surface area (Å²) < 4.78 is 10.9. The summed E-state index contributed by atoms with van der Waals surface area (Å²) in [6.45, 7) is 2.53. The van der Waals surface area contributed by atoms with E-state index < -0.39 is 0 Å². The fourth-order valence-corrected chi connectivity index (χ4v) is 3.19. The number of aromatic nitrogens is 2. The number of methoxy groups -OCH3 is 1. The van der Waals surface area contributed by atoms with E-state index in [4.69, 9.17) is 9.47 Å². The maximum atomic E-state index is 12.5. The van der Waals surface area contributed by atoms with Crippen molar-refractivity contribution >= 4 is 5.91 Å². The van der Waals surface area contributed by atoms with Gasteiger partial charge in [-0.15, -0.1) is 0 Å². The van der Waals surface area contributed by atoms with Crippen LogP contribution in [0.3, 0.4) is 0 Å². The molecule has 0 atom stereocenters. The number of rotatable bonds is 7. The zero-order valence-corrected chi connectivity index (χ0v) is 17.9. The van der Waals surface area contributed by atoms with Gasteiger partial charge in [-0.25, -0.2) is 9.97 Å². The standard InChI is InChI=1S/C26H23N3O3/c1-18-6-3-4-7-21(18)15-27-25(30)20-12-10-19(11-13-20)22-16-28-26(29-17-22)32-24-9-5-8-23(14-24)31-2/h3-14,16-17H,15H2,1-2H3,(H,27,30). The highest BCUT2D eigenvalue weighted by molar-refractivity contribution is 5.94. The number of amides is 1. The highest BCUT2D eigenvalue weighted by Gasteiger charge is 2.08. The van der Waals surface area contributed by atoms with Crippen LogP contribution in [-0.2, 0) is 6.54 Å². The normalized spacial score (nSPS) is 10.4. The van der Waals surface area contributed by atoms with Crippen molar-refractivity contribution in [2.24, 2.45) is 0 Å². The second-order valence-corrected chi connectivity index (χ2v) is 7.22. The molecule has 0 unspecified atom stereocenters. The molecule has 6 nitrogen and oxygen atoms in total. The van der Waals surface area contributed by atoms with Crippen LogP contribution in [0.1, 0.15) is 21.5 Å². The molecule has 3 aromatic carbocycles. The second-order valence-electron chi connectivity index (χ2n) is 7.22. The largest absolute Gasteiger partial charge is 0.497 e. The van der Waals surface area contributed by atoms with E-state index in [0.717, 1.165) is 22.3 Å². The summed E-state index contributed by atoms with van der Waals surface area (Å²) in [5.41, 5.74) is 4.59. The monoisotopic (exact) mass is 425 g/mol. The molecule has 1 N–H and O–H groups in total. The molecular weight excluding hydrogens is 402 g/mol. The van der Waals surface area contributed by atoms with Crippen molar-refractivity contribution in [3.63, 3.8) is 0 Å². The Morgan fingerprint density at radius 1 is 0.875 bits per heavy atom. The van der Waals surface area contributed by atoms with Crippen molar-refractivity contribution in [1.29, 1.82) is 0 Å². The molecule has 0 saturated heterocycles. The molecule has 6 heteroatoms. The zero-order valence-electron chi connectivity index (χ0n) is 17.9. The van der Waals surface area contributed by atoms with Gasteiger partial charge in [0, 0.05) is 36.1 Å². The number of carbonyl (C=O) groups excluding carboxylic acids is 1. The average Bonchev–Trinajstić information content (AvgIpc) is 2.84. The second kappa shape index (κ2) is 9.75. The van der Waals surface area contributed by atoms with Gasteiger partial charge in [0.1, 0.15) is 11.5 Å². The van der Waals surface area contributed by atoms with E-state index in [9.17, 15) is 4.79 Å².